The van der Waals surface area contributed by atoms with E-state index >= 15 is 0 Å². The van der Waals surface area contributed by atoms with E-state index < -0.39 is 10.7 Å². The number of hydrogen-bond donors (Lipinski definition) is 2. The van der Waals surface area contributed by atoms with Gasteiger partial charge in [0.2, 0.25) is 5.79 Å². The lowest BCUT2D eigenvalue weighted by molar-refractivity contribution is -0.384. The van der Waals surface area contributed by atoms with Crippen molar-refractivity contribution in [1.82, 2.24) is 0 Å². The van der Waals surface area contributed by atoms with Crippen LogP contribution in [-0.4, -0.2) is 51.7 Å². The van der Waals surface area contributed by atoms with Crippen LogP contribution >= 0.6 is 11.8 Å². The van der Waals surface area contributed by atoms with E-state index in [1.165, 1.54) is 18.2 Å². The molecule has 12 heteroatoms. The maximum Gasteiger partial charge on any atom is 0.269 e. The van der Waals surface area contributed by atoms with Gasteiger partial charge in [0, 0.05) is 53.7 Å². The third kappa shape index (κ3) is 9.57. The van der Waals surface area contributed by atoms with Crippen LogP contribution in [0.25, 0.3) is 0 Å². The standard InChI is InChI=1S/C47H51FN2O8S/c1-2-26-56-47-44(59-37-14-4-3-5-15-37)29-42(49-57-30-32-18-20-35(21-19-32)50(53)54)39-27-33(12-8-10-24-51)38(16-9-11-25-52)45(46(39)47)40-28-36(22-23-43(40)58-47)55-31-34-13-6-7-17-41(34)48/h2-7,13-15,17-23,27-28,33,38,44-46,51-52H,1,8-12,16,24-26,29-31H2/t33-,38+,44-,45+,46+,47+/m0/s1. The van der Waals surface area contributed by atoms with Crippen LogP contribution < -0.4 is 9.47 Å². The summed E-state index contributed by atoms with van der Waals surface area (Å²) >= 11 is 1.67. The molecule has 0 bridgehead atoms. The van der Waals surface area contributed by atoms with Crippen LogP contribution in [0.1, 0.15) is 67.6 Å². The predicted octanol–water partition coefficient (Wildman–Crippen LogP) is 9.94. The highest BCUT2D eigenvalue weighted by atomic mass is 32.2. The number of hydrogen-bond acceptors (Lipinski definition) is 10. The first-order chi connectivity index (χ1) is 28.8. The molecule has 1 fully saturated rings. The minimum absolute atomic E-state index is 0.00143. The predicted molar refractivity (Wildman–Crippen MR) is 226 cm³/mol. The number of oxime groups is 1. The summed E-state index contributed by atoms with van der Waals surface area (Å²) in [4.78, 5) is 18.0. The Morgan fingerprint density at radius 3 is 2.42 bits per heavy atom. The fourth-order valence-electron chi connectivity index (χ4n) is 8.85. The number of halogens is 1. The molecule has 0 spiro atoms. The van der Waals surface area contributed by atoms with E-state index in [4.69, 9.17) is 24.2 Å². The smallest absolute Gasteiger partial charge is 0.269 e. The molecule has 7 rings (SSSR count). The zero-order valence-corrected chi connectivity index (χ0v) is 33.8. The van der Waals surface area contributed by atoms with Crippen LogP contribution in [0.5, 0.6) is 11.5 Å². The summed E-state index contributed by atoms with van der Waals surface area (Å²) in [6, 6.07) is 28.8. The van der Waals surface area contributed by atoms with Gasteiger partial charge in [0.15, 0.2) is 0 Å². The van der Waals surface area contributed by atoms with Gasteiger partial charge in [0.05, 0.1) is 28.4 Å². The van der Waals surface area contributed by atoms with E-state index in [1.807, 2.05) is 36.4 Å². The third-order valence-electron chi connectivity index (χ3n) is 11.5. The van der Waals surface area contributed by atoms with E-state index in [2.05, 4.69) is 24.8 Å². The average molecular weight is 823 g/mol. The normalized spacial score (nSPS) is 23.7. The fraction of sp³-hybridized carbons (Fsp3) is 0.383. The van der Waals surface area contributed by atoms with Crippen molar-refractivity contribution in [3.05, 3.63) is 154 Å². The number of nitrogens with zero attached hydrogens (tertiary/aromatic N) is 2. The molecule has 0 amide bonds. The molecule has 0 radical (unpaired) electrons. The first-order valence-electron chi connectivity index (χ1n) is 20.4. The minimum atomic E-state index is -1.17. The zero-order chi connectivity index (χ0) is 41.2. The van der Waals surface area contributed by atoms with E-state index in [0.29, 0.717) is 36.3 Å². The van der Waals surface area contributed by atoms with Crippen LogP contribution in [0.4, 0.5) is 10.1 Å². The topological polar surface area (TPSA) is 133 Å². The highest BCUT2D eigenvalue weighted by molar-refractivity contribution is 8.00. The van der Waals surface area contributed by atoms with Crippen molar-refractivity contribution in [2.75, 3.05) is 19.8 Å². The van der Waals surface area contributed by atoms with Crippen molar-refractivity contribution in [2.24, 2.45) is 22.9 Å². The number of unbranched alkanes of at least 4 members (excludes halogenated alkanes) is 2. The largest absolute Gasteiger partial charge is 0.489 e. The molecule has 0 saturated heterocycles. The summed E-state index contributed by atoms with van der Waals surface area (Å²) in [5.41, 5.74) is 3.91. The Morgan fingerprint density at radius 1 is 0.949 bits per heavy atom. The average Bonchev–Trinajstić information content (AvgIpc) is 3.25. The van der Waals surface area contributed by atoms with Gasteiger partial charge in [-0.1, -0.05) is 66.5 Å². The Kier molecular flexibility index (Phi) is 14.2. The Morgan fingerprint density at radius 2 is 1.69 bits per heavy atom. The van der Waals surface area contributed by atoms with Gasteiger partial charge in [-0.15, -0.1) is 18.3 Å². The molecular formula is C47H51FN2O8S. The van der Waals surface area contributed by atoms with Gasteiger partial charge in [0.25, 0.3) is 5.69 Å². The number of aliphatic hydroxyl groups excluding tert-OH is 2. The maximum absolute atomic E-state index is 14.7. The summed E-state index contributed by atoms with van der Waals surface area (Å²) in [6.45, 7) is 4.62. The van der Waals surface area contributed by atoms with Gasteiger partial charge in [-0.25, -0.2) is 4.39 Å². The number of aliphatic hydroxyl groups is 2. The van der Waals surface area contributed by atoms with Gasteiger partial charge in [-0.2, -0.15) is 0 Å². The van der Waals surface area contributed by atoms with E-state index in [0.717, 1.165) is 53.0 Å². The Balaban J connectivity index is 1.36. The number of benzene rings is 4. The third-order valence-corrected chi connectivity index (χ3v) is 12.9. The van der Waals surface area contributed by atoms with Crippen molar-refractivity contribution < 1.29 is 38.6 Å². The molecule has 0 aromatic heterocycles. The van der Waals surface area contributed by atoms with Gasteiger partial charge < -0.3 is 29.3 Å². The Hall–Kier alpha value is -5.01. The molecule has 1 saturated carbocycles. The van der Waals surface area contributed by atoms with Gasteiger partial charge in [0.1, 0.15) is 30.5 Å². The van der Waals surface area contributed by atoms with Crippen molar-refractivity contribution in [3.8, 4) is 11.5 Å². The van der Waals surface area contributed by atoms with Crippen LogP contribution in [0, 0.1) is 33.7 Å². The van der Waals surface area contributed by atoms with E-state index in [9.17, 15) is 24.7 Å². The van der Waals surface area contributed by atoms with Crippen LogP contribution in [0.15, 0.2) is 131 Å². The van der Waals surface area contributed by atoms with Gasteiger partial charge in [-0.3, -0.25) is 10.1 Å². The number of thioether (sulfide) groups is 1. The second-order valence-electron chi connectivity index (χ2n) is 15.3. The molecule has 6 atom stereocenters. The monoisotopic (exact) mass is 822 g/mol. The first-order valence-corrected chi connectivity index (χ1v) is 21.2. The molecule has 4 aromatic carbocycles. The molecule has 59 heavy (non-hydrogen) atoms. The second-order valence-corrected chi connectivity index (χ2v) is 16.5. The zero-order valence-electron chi connectivity index (χ0n) is 33.0. The molecule has 1 aliphatic heterocycles. The fourth-order valence-corrected chi connectivity index (χ4v) is 10.2. The summed E-state index contributed by atoms with van der Waals surface area (Å²) in [7, 11) is 0. The summed E-state index contributed by atoms with van der Waals surface area (Å²) < 4.78 is 35.2. The molecule has 2 aliphatic carbocycles. The van der Waals surface area contributed by atoms with Crippen molar-refractivity contribution in [2.45, 2.75) is 80.0 Å². The van der Waals surface area contributed by atoms with Crippen LogP contribution in [-0.2, 0) is 22.8 Å². The number of rotatable bonds is 20. The summed E-state index contributed by atoms with van der Waals surface area (Å²) in [5, 5.41) is 35.6. The number of nitro benzene ring substituents is 1. The number of allylic oxidation sites excluding steroid dienone is 1. The van der Waals surface area contributed by atoms with Crippen molar-refractivity contribution in [1.29, 1.82) is 0 Å². The molecule has 3 aliphatic rings. The molecule has 2 N–H and O–H groups in total. The molecule has 1 heterocycles. The first kappa shape index (κ1) is 42.1. The number of ether oxygens (including phenoxy) is 3. The summed E-state index contributed by atoms with van der Waals surface area (Å²) in [6.07, 6.45) is 9.15. The number of fused-ring (bicyclic) bond motifs is 2. The maximum atomic E-state index is 14.7. The van der Waals surface area contributed by atoms with E-state index in [1.54, 1.807) is 48.2 Å². The quantitative estimate of drug-likeness (QED) is 0.0387. The Labute approximate surface area is 348 Å². The molecular weight excluding hydrogens is 772 g/mol. The number of nitro groups is 1. The molecule has 4 aromatic rings. The van der Waals surface area contributed by atoms with Crippen LogP contribution in [0.3, 0.4) is 0 Å². The lowest BCUT2D eigenvalue weighted by Gasteiger charge is -2.58. The Bertz CT molecular complexity index is 2110. The highest BCUT2D eigenvalue weighted by Crippen LogP contribution is 2.63. The lowest BCUT2D eigenvalue weighted by Crippen LogP contribution is -2.64. The highest BCUT2D eigenvalue weighted by Gasteiger charge is 2.64. The lowest BCUT2D eigenvalue weighted by atomic mass is 9.56. The van der Waals surface area contributed by atoms with Crippen LogP contribution in [0.2, 0.25) is 0 Å². The van der Waals surface area contributed by atoms with Crippen molar-refractivity contribution in [3.63, 3.8) is 0 Å². The van der Waals surface area contributed by atoms with E-state index in [-0.39, 0.29) is 73.5 Å². The number of non-ortho nitro benzene ring substituents is 1. The molecule has 0 unspecified atom stereocenters. The SMILES string of the molecule is C=CCO[C@@]12Oc3ccc(OCc4ccccc4F)cc3[C@H]3[C@H](CCCCO)[C@@H](CCCCO)C=C(C(=NOCc4ccc([N+](=O)[O-])cc4)C[C@@H]1Sc1ccccc1)[C@H]32. The molecule has 310 valence electrons. The second kappa shape index (κ2) is 19.8. The summed E-state index contributed by atoms with van der Waals surface area (Å²) in [5.74, 6) is -0.571. The minimum Gasteiger partial charge on any atom is -0.489 e. The van der Waals surface area contributed by atoms with Crippen molar-refractivity contribution >= 4 is 23.2 Å². The molecule has 10 nitrogen and oxygen atoms in total. The van der Waals surface area contributed by atoms with Gasteiger partial charge in [-0.05, 0) is 97.2 Å². The van der Waals surface area contributed by atoms with Gasteiger partial charge >= 0.3 is 0 Å².